The maximum Gasteiger partial charge on any atom is 0.272 e. The molecular formula is C17H12FN2O3S-. The van der Waals surface area contributed by atoms with Gasteiger partial charge in [0.1, 0.15) is 5.82 Å². The Labute approximate surface area is 139 Å². The van der Waals surface area contributed by atoms with E-state index in [4.69, 9.17) is 0 Å². The predicted molar refractivity (Wildman–Crippen MR) is 88.3 cm³/mol. The summed E-state index contributed by atoms with van der Waals surface area (Å²) in [6.07, 6.45) is 1.51. The molecule has 1 heterocycles. The van der Waals surface area contributed by atoms with Crippen molar-refractivity contribution < 1.29 is 13.2 Å². The van der Waals surface area contributed by atoms with Crippen LogP contribution in [0.1, 0.15) is 5.56 Å². The number of hydrogen-bond acceptors (Lipinski definition) is 4. The zero-order valence-corrected chi connectivity index (χ0v) is 13.2. The second-order valence-electron chi connectivity index (χ2n) is 5.14. The predicted octanol–water partition coefficient (Wildman–Crippen LogP) is 2.62. The number of hydrogen-bond donors (Lipinski definition) is 1. The van der Waals surface area contributed by atoms with Crippen molar-refractivity contribution >= 4 is 11.1 Å². The summed E-state index contributed by atoms with van der Waals surface area (Å²) in [7, 11) is 0. The second kappa shape index (κ2) is 6.86. The van der Waals surface area contributed by atoms with Gasteiger partial charge in [-0.15, -0.1) is 0 Å². The van der Waals surface area contributed by atoms with Crippen LogP contribution in [0, 0.1) is 5.82 Å². The van der Waals surface area contributed by atoms with Crippen LogP contribution in [0.25, 0.3) is 22.3 Å². The smallest absolute Gasteiger partial charge is 0.272 e. The number of nitrogens with one attached hydrogen (secondary N) is 1. The van der Waals surface area contributed by atoms with E-state index in [0.717, 1.165) is 0 Å². The van der Waals surface area contributed by atoms with Crippen LogP contribution < -0.4 is 5.56 Å². The number of H-pyrrole nitrogens is 1. The monoisotopic (exact) mass is 343 g/mol. The Balaban J connectivity index is 2.08. The molecule has 0 fully saturated rings. The van der Waals surface area contributed by atoms with E-state index in [1.165, 1.54) is 30.5 Å². The summed E-state index contributed by atoms with van der Waals surface area (Å²) in [5, 5.41) is 6.20. The molecule has 1 atom stereocenters. The first kappa shape index (κ1) is 16.2. The molecule has 0 aliphatic heterocycles. The Hall–Kier alpha value is -2.64. The van der Waals surface area contributed by atoms with Crippen molar-refractivity contribution in [1.29, 1.82) is 0 Å². The normalized spacial score (nSPS) is 12.1. The van der Waals surface area contributed by atoms with Crippen LogP contribution in [-0.2, 0) is 16.8 Å². The molecule has 1 N–H and O–H groups in total. The van der Waals surface area contributed by atoms with E-state index in [0.29, 0.717) is 27.8 Å². The van der Waals surface area contributed by atoms with Crippen LogP contribution >= 0.6 is 0 Å². The number of aromatic nitrogens is 2. The number of halogens is 1. The minimum Gasteiger partial charge on any atom is -0.772 e. The third-order valence-corrected chi connectivity index (χ3v) is 4.11. The Bertz CT molecular complexity index is 937. The van der Waals surface area contributed by atoms with Gasteiger partial charge in [0.2, 0.25) is 0 Å². The van der Waals surface area contributed by atoms with Gasteiger partial charge < -0.3 is 4.55 Å². The second-order valence-corrected chi connectivity index (χ2v) is 6.04. The third kappa shape index (κ3) is 3.47. The quantitative estimate of drug-likeness (QED) is 0.738. The molecule has 0 bridgehead atoms. The molecule has 0 spiro atoms. The highest BCUT2D eigenvalue weighted by atomic mass is 32.2. The van der Waals surface area contributed by atoms with E-state index in [1.807, 2.05) is 0 Å². The summed E-state index contributed by atoms with van der Waals surface area (Å²) in [5.41, 5.74) is 2.51. The fourth-order valence-corrected chi connectivity index (χ4v) is 2.90. The van der Waals surface area contributed by atoms with Crippen LogP contribution in [0.4, 0.5) is 4.39 Å². The van der Waals surface area contributed by atoms with E-state index < -0.39 is 11.1 Å². The fraction of sp³-hybridized carbons (Fsp3) is 0.0588. The Kier molecular flexibility index (Phi) is 4.64. The fourth-order valence-electron chi connectivity index (χ4n) is 2.44. The topological polar surface area (TPSA) is 85.9 Å². The molecule has 1 unspecified atom stereocenters. The minimum absolute atomic E-state index is 0.0707. The molecule has 1 aromatic heterocycles. The summed E-state index contributed by atoms with van der Waals surface area (Å²) in [6.45, 7) is 0. The lowest BCUT2D eigenvalue weighted by Gasteiger charge is -2.10. The van der Waals surface area contributed by atoms with E-state index in [2.05, 4.69) is 10.2 Å². The molecular weight excluding hydrogens is 331 g/mol. The van der Waals surface area contributed by atoms with Gasteiger partial charge in [-0.3, -0.25) is 9.00 Å². The van der Waals surface area contributed by atoms with Crippen molar-refractivity contribution in [3.63, 3.8) is 0 Å². The van der Waals surface area contributed by atoms with Gasteiger partial charge in [0.05, 0.1) is 11.8 Å². The zero-order chi connectivity index (χ0) is 17.1. The minimum atomic E-state index is -2.16. The SMILES string of the molecule is O=c1[nH]ncc(-c2ccc(CS(=O)[O-])cc2)c1-c1ccc(F)cc1. The van der Waals surface area contributed by atoms with E-state index in [9.17, 15) is 17.9 Å². The molecule has 0 aliphatic rings. The van der Waals surface area contributed by atoms with Crippen molar-refractivity contribution in [2.24, 2.45) is 0 Å². The van der Waals surface area contributed by atoms with Crippen LogP contribution in [-0.4, -0.2) is 19.0 Å². The van der Waals surface area contributed by atoms with Gasteiger partial charge in [-0.05, 0) is 28.8 Å². The standard InChI is InChI=1S/C17H13FN2O3S/c18-14-7-5-13(6-8-14)16-15(9-19-20-17(16)21)12-3-1-11(2-4-12)10-24(22)23/h1-9H,10H2,(H,20,21)(H,22,23)/p-1. The van der Waals surface area contributed by atoms with E-state index >= 15 is 0 Å². The molecule has 0 saturated heterocycles. The summed E-state index contributed by atoms with van der Waals surface area (Å²) in [6, 6.07) is 12.4. The molecule has 5 nitrogen and oxygen atoms in total. The molecule has 7 heteroatoms. The van der Waals surface area contributed by atoms with Crippen molar-refractivity contribution in [1.82, 2.24) is 10.2 Å². The van der Waals surface area contributed by atoms with Crippen LogP contribution in [0.15, 0.2) is 59.5 Å². The number of aromatic amines is 1. The summed E-state index contributed by atoms with van der Waals surface area (Å²) >= 11 is -2.16. The van der Waals surface area contributed by atoms with E-state index in [1.54, 1.807) is 24.3 Å². The van der Waals surface area contributed by atoms with Crippen LogP contribution in [0.5, 0.6) is 0 Å². The molecule has 122 valence electrons. The van der Waals surface area contributed by atoms with Gasteiger partial charge in [0, 0.05) is 11.3 Å². The van der Waals surface area contributed by atoms with Gasteiger partial charge in [0.15, 0.2) is 0 Å². The first-order valence-electron chi connectivity index (χ1n) is 7.03. The van der Waals surface area contributed by atoms with Crippen LogP contribution in [0.3, 0.4) is 0 Å². The van der Waals surface area contributed by atoms with Gasteiger partial charge in [-0.25, -0.2) is 9.49 Å². The molecule has 2 aromatic carbocycles. The van der Waals surface area contributed by atoms with Gasteiger partial charge in [-0.1, -0.05) is 47.5 Å². The average molecular weight is 343 g/mol. The molecule has 0 saturated carbocycles. The maximum atomic E-state index is 13.1. The summed E-state index contributed by atoms with van der Waals surface area (Å²) in [4.78, 5) is 12.2. The lowest BCUT2D eigenvalue weighted by atomic mass is 9.97. The first-order valence-corrected chi connectivity index (χ1v) is 8.28. The third-order valence-electron chi connectivity index (χ3n) is 3.54. The van der Waals surface area contributed by atoms with Crippen molar-refractivity contribution in [2.45, 2.75) is 5.75 Å². The molecule has 0 aliphatic carbocycles. The number of nitrogens with zero attached hydrogens (tertiary/aromatic N) is 1. The van der Waals surface area contributed by atoms with Gasteiger partial charge in [0.25, 0.3) is 5.56 Å². The summed E-state index contributed by atoms with van der Waals surface area (Å²) < 4.78 is 34.6. The molecule has 3 aromatic rings. The molecule has 0 radical (unpaired) electrons. The van der Waals surface area contributed by atoms with Crippen molar-refractivity contribution in [3.8, 4) is 22.3 Å². The molecule has 24 heavy (non-hydrogen) atoms. The zero-order valence-electron chi connectivity index (χ0n) is 12.4. The lowest BCUT2D eigenvalue weighted by Crippen LogP contribution is -2.12. The highest BCUT2D eigenvalue weighted by Crippen LogP contribution is 2.28. The van der Waals surface area contributed by atoms with Crippen molar-refractivity contribution in [2.75, 3.05) is 0 Å². The Morgan fingerprint density at radius 3 is 2.29 bits per heavy atom. The highest BCUT2D eigenvalue weighted by Gasteiger charge is 2.12. The lowest BCUT2D eigenvalue weighted by molar-refractivity contribution is 0.536. The Morgan fingerprint density at radius 2 is 1.67 bits per heavy atom. The largest absolute Gasteiger partial charge is 0.772 e. The molecule has 3 rings (SSSR count). The van der Waals surface area contributed by atoms with Crippen LogP contribution in [0.2, 0.25) is 0 Å². The van der Waals surface area contributed by atoms with Gasteiger partial charge in [-0.2, -0.15) is 5.10 Å². The summed E-state index contributed by atoms with van der Waals surface area (Å²) in [5.74, 6) is -0.459. The number of benzene rings is 2. The average Bonchev–Trinajstić information content (AvgIpc) is 2.56. The first-order chi connectivity index (χ1) is 11.5. The van der Waals surface area contributed by atoms with E-state index in [-0.39, 0.29) is 17.1 Å². The number of rotatable bonds is 4. The van der Waals surface area contributed by atoms with Gasteiger partial charge >= 0.3 is 0 Å². The highest BCUT2D eigenvalue weighted by molar-refractivity contribution is 7.78. The molecule has 0 amide bonds. The van der Waals surface area contributed by atoms with Crippen molar-refractivity contribution in [3.05, 3.63) is 76.5 Å². The maximum absolute atomic E-state index is 13.1. The Morgan fingerprint density at radius 1 is 1.04 bits per heavy atom.